The molecule has 0 aliphatic rings. The summed E-state index contributed by atoms with van der Waals surface area (Å²) < 4.78 is 5.06. The molecule has 0 spiro atoms. The average Bonchev–Trinajstić information content (AvgIpc) is 2.17. The maximum Gasteiger partial charge on any atom is 0.118 e. The van der Waals surface area contributed by atoms with E-state index in [-0.39, 0.29) is 6.10 Å². The van der Waals surface area contributed by atoms with E-state index in [4.69, 9.17) is 4.74 Å². The zero-order valence-corrected chi connectivity index (χ0v) is 9.36. The summed E-state index contributed by atoms with van der Waals surface area (Å²) >= 11 is 0. The van der Waals surface area contributed by atoms with E-state index in [0.29, 0.717) is 12.8 Å². The molecule has 1 N–H and O–H groups in total. The Morgan fingerprint density at radius 1 is 1.40 bits per heavy atom. The van der Waals surface area contributed by atoms with Crippen LogP contribution in [-0.4, -0.2) is 18.3 Å². The highest BCUT2D eigenvalue weighted by atomic mass is 16.5. The molecule has 0 aliphatic heterocycles. The Balaban J connectivity index is 2.53. The predicted molar refractivity (Wildman–Crippen MR) is 62.1 cm³/mol. The fraction of sp³-hybridized carbons (Fsp3) is 0.385. The van der Waals surface area contributed by atoms with Gasteiger partial charge in [-0.05, 0) is 37.5 Å². The third-order valence-electron chi connectivity index (χ3n) is 2.21. The lowest BCUT2D eigenvalue weighted by molar-refractivity contribution is 0.175. The summed E-state index contributed by atoms with van der Waals surface area (Å²) in [5, 5.41) is 9.71. The van der Waals surface area contributed by atoms with E-state index >= 15 is 0 Å². The fourth-order valence-corrected chi connectivity index (χ4v) is 1.51. The van der Waals surface area contributed by atoms with Crippen molar-refractivity contribution in [1.29, 1.82) is 0 Å². The first-order valence-electron chi connectivity index (χ1n) is 5.07. The molecule has 0 amide bonds. The van der Waals surface area contributed by atoms with Crippen molar-refractivity contribution < 1.29 is 9.84 Å². The number of ether oxygens (including phenoxy) is 1. The minimum Gasteiger partial charge on any atom is -0.497 e. The smallest absolute Gasteiger partial charge is 0.118 e. The Labute approximate surface area is 91.2 Å². The molecule has 0 aliphatic carbocycles. The van der Waals surface area contributed by atoms with Gasteiger partial charge in [0.05, 0.1) is 13.2 Å². The van der Waals surface area contributed by atoms with Gasteiger partial charge >= 0.3 is 0 Å². The standard InChI is InChI=1S/C13H18O2/c1-10(2)8-12(14)9-11-4-6-13(15-3)7-5-11/h4-7,12,14H,1,8-9H2,2-3H3/t12-/m1/s1. The van der Waals surface area contributed by atoms with Crippen LogP contribution in [0.25, 0.3) is 0 Å². The van der Waals surface area contributed by atoms with E-state index in [1.54, 1.807) is 7.11 Å². The van der Waals surface area contributed by atoms with Gasteiger partial charge in [-0.1, -0.05) is 17.7 Å². The van der Waals surface area contributed by atoms with Crippen LogP contribution in [0.2, 0.25) is 0 Å². The lowest BCUT2D eigenvalue weighted by Gasteiger charge is -2.10. The van der Waals surface area contributed by atoms with Crippen molar-refractivity contribution >= 4 is 0 Å². The topological polar surface area (TPSA) is 29.5 Å². The molecule has 1 atom stereocenters. The number of benzene rings is 1. The molecular weight excluding hydrogens is 188 g/mol. The molecule has 1 aromatic carbocycles. The van der Waals surface area contributed by atoms with Gasteiger partial charge in [0, 0.05) is 0 Å². The van der Waals surface area contributed by atoms with Gasteiger partial charge in [0.1, 0.15) is 5.75 Å². The highest BCUT2D eigenvalue weighted by molar-refractivity contribution is 5.27. The van der Waals surface area contributed by atoms with Crippen LogP contribution >= 0.6 is 0 Å². The average molecular weight is 206 g/mol. The molecule has 82 valence electrons. The molecule has 0 unspecified atom stereocenters. The molecule has 0 bridgehead atoms. The quantitative estimate of drug-likeness (QED) is 0.750. The summed E-state index contributed by atoms with van der Waals surface area (Å²) in [4.78, 5) is 0. The Morgan fingerprint density at radius 2 is 2.00 bits per heavy atom. The number of methoxy groups -OCH3 is 1. The molecule has 1 rings (SSSR count). The zero-order valence-electron chi connectivity index (χ0n) is 9.36. The number of aliphatic hydroxyl groups excluding tert-OH is 1. The van der Waals surface area contributed by atoms with Gasteiger partial charge in [0.2, 0.25) is 0 Å². The highest BCUT2D eigenvalue weighted by Gasteiger charge is 2.05. The normalized spacial score (nSPS) is 12.2. The van der Waals surface area contributed by atoms with E-state index in [2.05, 4.69) is 6.58 Å². The van der Waals surface area contributed by atoms with Crippen molar-refractivity contribution in [3.63, 3.8) is 0 Å². The van der Waals surface area contributed by atoms with Crippen LogP contribution in [-0.2, 0) is 6.42 Å². The van der Waals surface area contributed by atoms with Crippen molar-refractivity contribution in [2.75, 3.05) is 7.11 Å². The minimum absolute atomic E-state index is 0.337. The first kappa shape index (κ1) is 11.8. The molecule has 0 radical (unpaired) electrons. The second-order valence-corrected chi connectivity index (χ2v) is 3.87. The van der Waals surface area contributed by atoms with Gasteiger partial charge in [0.25, 0.3) is 0 Å². The number of hydrogen-bond acceptors (Lipinski definition) is 2. The first-order valence-corrected chi connectivity index (χ1v) is 5.07. The third-order valence-corrected chi connectivity index (χ3v) is 2.21. The molecule has 2 nitrogen and oxygen atoms in total. The molecule has 15 heavy (non-hydrogen) atoms. The maximum atomic E-state index is 9.71. The van der Waals surface area contributed by atoms with Crippen LogP contribution in [0.15, 0.2) is 36.4 Å². The molecule has 0 fully saturated rings. The summed E-state index contributed by atoms with van der Waals surface area (Å²) in [6.45, 7) is 5.71. The molecule has 2 heteroatoms. The number of aliphatic hydroxyl groups is 1. The summed E-state index contributed by atoms with van der Waals surface area (Å²) in [7, 11) is 1.64. The third kappa shape index (κ3) is 4.17. The van der Waals surface area contributed by atoms with Crippen LogP contribution in [0.4, 0.5) is 0 Å². The Hall–Kier alpha value is -1.28. The largest absolute Gasteiger partial charge is 0.497 e. The monoisotopic (exact) mass is 206 g/mol. The Kier molecular flexibility index (Phi) is 4.37. The van der Waals surface area contributed by atoms with E-state index < -0.39 is 0 Å². The minimum atomic E-state index is -0.337. The fourth-order valence-electron chi connectivity index (χ4n) is 1.51. The van der Waals surface area contributed by atoms with Gasteiger partial charge in [0.15, 0.2) is 0 Å². The summed E-state index contributed by atoms with van der Waals surface area (Å²) in [6.07, 6.45) is 0.985. The van der Waals surface area contributed by atoms with Gasteiger partial charge in [-0.15, -0.1) is 6.58 Å². The molecule has 0 aromatic heterocycles. The molecule has 0 saturated heterocycles. The SMILES string of the molecule is C=C(C)C[C@@H](O)Cc1ccc(OC)cc1. The van der Waals surface area contributed by atoms with E-state index in [0.717, 1.165) is 16.9 Å². The van der Waals surface area contributed by atoms with Crippen LogP contribution < -0.4 is 4.74 Å². The van der Waals surface area contributed by atoms with Gasteiger partial charge in [-0.2, -0.15) is 0 Å². The second-order valence-electron chi connectivity index (χ2n) is 3.87. The van der Waals surface area contributed by atoms with Crippen molar-refractivity contribution in [2.24, 2.45) is 0 Å². The lowest BCUT2D eigenvalue weighted by atomic mass is 10.0. The van der Waals surface area contributed by atoms with Crippen molar-refractivity contribution in [3.05, 3.63) is 42.0 Å². The molecular formula is C13H18O2. The Morgan fingerprint density at radius 3 is 2.47 bits per heavy atom. The summed E-state index contributed by atoms with van der Waals surface area (Å²) in [5.41, 5.74) is 2.13. The molecule has 1 aromatic rings. The van der Waals surface area contributed by atoms with Gasteiger partial charge in [-0.3, -0.25) is 0 Å². The number of hydrogen-bond donors (Lipinski definition) is 1. The predicted octanol–water partition coefficient (Wildman–Crippen LogP) is 2.56. The zero-order chi connectivity index (χ0) is 11.3. The molecule has 0 saturated carbocycles. The van der Waals surface area contributed by atoms with E-state index in [1.165, 1.54) is 0 Å². The van der Waals surface area contributed by atoms with Crippen LogP contribution in [0, 0.1) is 0 Å². The van der Waals surface area contributed by atoms with Gasteiger partial charge in [-0.25, -0.2) is 0 Å². The number of rotatable bonds is 5. The molecule has 0 heterocycles. The highest BCUT2D eigenvalue weighted by Crippen LogP contribution is 2.14. The van der Waals surface area contributed by atoms with Crippen LogP contribution in [0.3, 0.4) is 0 Å². The van der Waals surface area contributed by atoms with Crippen LogP contribution in [0.5, 0.6) is 5.75 Å². The first-order chi connectivity index (χ1) is 7.11. The van der Waals surface area contributed by atoms with E-state index in [1.807, 2.05) is 31.2 Å². The van der Waals surface area contributed by atoms with Crippen LogP contribution in [0.1, 0.15) is 18.9 Å². The van der Waals surface area contributed by atoms with E-state index in [9.17, 15) is 5.11 Å². The lowest BCUT2D eigenvalue weighted by Crippen LogP contribution is -2.10. The summed E-state index contributed by atoms with van der Waals surface area (Å²) in [5.74, 6) is 0.841. The second kappa shape index (κ2) is 5.56. The van der Waals surface area contributed by atoms with Crippen molar-refractivity contribution in [3.8, 4) is 5.75 Å². The Bertz CT molecular complexity index is 314. The maximum absolute atomic E-state index is 9.71. The van der Waals surface area contributed by atoms with Crippen molar-refractivity contribution in [2.45, 2.75) is 25.9 Å². The van der Waals surface area contributed by atoms with Crippen molar-refractivity contribution in [1.82, 2.24) is 0 Å². The summed E-state index contributed by atoms with van der Waals surface area (Å²) in [6, 6.07) is 7.76. The van der Waals surface area contributed by atoms with Gasteiger partial charge < -0.3 is 9.84 Å².